The first kappa shape index (κ1) is 12.3. The predicted octanol–water partition coefficient (Wildman–Crippen LogP) is 1.87. The number of rotatable bonds is 3. The maximum absolute atomic E-state index is 11.9. The van der Waals surface area contributed by atoms with Crippen molar-refractivity contribution in [3.8, 4) is 17.2 Å². The maximum atomic E-state index is 11.9. The number of aromatic hydroxyl groups is 2. The van der Waals surface area contributed by atoms with Crippen molar-refractivity contribution in [3.05, 3.63) is 48.5 Å². The summed E-state index contributed by atoms with van der Waals surface area (Å²) in [7, 11) is -4.18. The number of phenolic OH excluding ortho intramolecular Hbond substituents is 2. The van der Waals surface area contributed by atoms with Crippen LogP contribution in [-0.2, 0) is 10.1 Å². The molecule has 18 heavy (non-hydrogen) atoms. The fourth-order valence-corrected chi connectivity index (χ4v) is 2.40. The van der Waals surface area contributed by atoms with Crippen molar-refractivity contribution in [1.29, 1.82) is 0 Å². The van der Waals surface area contributed by atoms with Crippen molar-refractivity contribution >= 4 is 10.1 Å². The molecule has 0 unspecified atom stereocenters. The summed E-state index contributed by atoms with van der Waals surface area (Å²) in [6.07, 6.45) is 0. The zero-order chi connectivity index (χ0) is 13.2. The lowest BCUT2D eigenvalue weighted by atomic mass is 10.3. The van der Waals surface area contributed by atoms with Gasteiger partial charge in [0.15, 0.2) is 16.4 Å². The SMILES string of the molecule is O=S(=O)(Oc1ccccc1)c1cccc(O)c1O. The van der Waals surface area contributed by atoms with Crippen LogP contribution >= 0.6 is 0 Å². The van der Waals surface area contributed by atoms with Gasteiger partial charge in [-0.25, -0.2) is 0 Å². The Hall–Kier alpha value is -2.21. The van der Waals surface area contributed by atoms with Gasteiger partial charge in [0.1, 0.15) is 5.75 Å². The van der Waals surface area contributed by atoms with Crippen molar-refractivity contribution in [2.75, 3.05) is 0 Å². The number of hydrogen-bond acceptors (Lipinski definition) is 5. The summed E-state index contributed by atoms with van der Waals surface area (Å²) in [5, 5.41) is 18.8. The van der Waals surface area contributed by atoms with Gasteiger partial charge in [0.05, 0.1) is 0 Å². The highest BCUT2D eigenvalue weighted by atomic mass is 32.2. The monoisotopic (exact) mass is 266 g/mol. The molecule has 0 aromatic heterocycles. The molecule has 6 heteroatoms. The van der Waals surface area contributed by atoms with E-state index < -0.39 is 26.5 Å². The Kier molecular flexibility index (Phi) is 3.12. The molecule has 0 aliphatic carbocycles. The number of hydrogen-bond donors (Lipinski definition) is 2. The number of para-hydroxylation sites is 2. The van der Waals surface area contributed by atoms with Crippen molar-refractivity contribution < 1.29 is 22.8 Å². The second kappa shape index (κ2) is 4.58. The van der Waals surface area contributed by atoms with Crippen LogP contribution in [0.2, 0.25) is 0 Å². The van der Waals surface area contributed by atoms with Gasteiger partial charge in [-0.3, -0.25) is 0 Å². The third-order valence-electron chi connectivity index (χ3n) is 2.20. The average molecular weight is 266 g/mol. The summed E-state index contributed by atoms with van der Waals surface area (Å²) < 4.78 is 28.6. The molecule has 0 heterocycles. The van der Waals surface area contributed by atoms with E-state index in [0.717, 1.165) is 6.07 Å². The Morgan fingerprint density at radius 3 is 2.22 bits per heavy atom. The number of benzene rings is 2. The van der Waals surface area contributed by atoms with Crippen LogP contribution in [0.15, 0.2) is 53.4 Å². The lowest BCUT2D eigenvalue weighted by molar-refractivity contribution is 0.389. The first-order valence-corrected chi connectivity index (χ1v) is 6.42. The predicted molar refractivity (Wildman–Crippen MR) is 64.0 cm³/mol. The quantitative estimate of drug-likeness (QED) is 0.654. The van der Waals surface area contributed by atoms with Gasteiger partial charge in [-0.05, 0) is 24.3 Å². The van der Waals surface area contributed by atoms with Gasteiger partial charge in [0.25, 0.3) is 0 Å². The van der Waals surface area contributed by atoms with Gasteiger partial charge >= 0.3 is 10.1 Å². The molecule has 2 N–H and O–H groups in total. The van der Waals surface area contributed by atoms with E-state index in [9.17, 15) is 18.6 Å². The molecule has 0 amide bonds. The summed E-state index contributed by atoms with van der Waals surface area (Å²) in [5.74, 6) is -1.12. The largest absolute Gasteiger partial charge is 0.504 e. The molecule has 0 aliphatic heterocycles. The van der Waals surface area contributed by atoms with Crippen molar-refractivity contribution in [2.24, 2.45) is 0 Å². The fourth-order valence-electron chi connectivity index (χ4n) is 1.36. The van der Waals surface area contributed by atoms with Gasteiger partial charge in [-0.1, -0.05) is 24.3 Å². The van der Waals surface area contributed by atoms with Crippen LogP contribution in [0, 0.1) is 0 Å². The van der Waals surface area contributed by atoms with Gasteiger partial charge in [-0.15, -0.1) is 0 Å². The average Bonchev–Trinajstić information content (AvgIpc) is 2.33. The third-order valence-corrected chi connectivity index (χ3v) is 3.48. The molecule has 0 saturated heterocycles. The van der Waals surface area contributed by atoms with E-state index in [1.807, 2.05) is 0 Å². The molecule has 2 aromatic carbocycles. The van der Waals surface area contributed by atoms with E-state index in [2.05, 4.69) is 0 Å². The molecule has 0 fully saturated rings. The summed E-state index contributed by atoms with van der Waals surface area (Å²) in [6, 6.07) is 11.5. The Bertz CT molecular complexity index is 649. The molecular weight excluding hydrogens is 256 g/mol. The normalized spacial score (nSPS) is 11.1. The summed E-state index contributed by atoms with van der Waals surface area (Å²) >= 11 is 0. The molecule has 0 bridgehead atoms. The first-order chi connectivity index (χ1) is 8.50. The van der Waals surface area contributed by atoms with Crippen molar-refractivity contribution in [2.45, 2.75) is 4.90 Å². The van der Waals surface area contributed by atoms with Crippen LogP contribution in [0.3, 0.4) is 0 Å². The van der Waals surface area contributed by atoms with Crippen molar-refractivity contribution in [3.63, 3.8) is 0 Å². The Labute approximate surface area is 104 Å². The molecule has 0 aliphatic rings. The Balaban J connectivity index is 2.41. The first-order valence-electron chi connectivity index (χ1n) is 5.01. The van der Waals surface area contributed by atoms with Crippen LogP contribution in [0.4, 0.5) is 0 Å². The van der Waals surface area contributed by atoms with Crippen LogP contribution in [-0.4, -0.2) is 18.6 Å². The van der Waals surface area contributed by atoms with Crippen LogP contribution in [0.1, 0.15) is 0 Å². The minimum atomic E-state index is -4.18. The summed E-state index contributed by atoms with van der Waals surface area (Å²) in [4.78, 5) is -0.480. The Morgan fingerprint density at radius 1 is 0.889 bits per heavy atom. The van der Waals surface area contributed by atoms with E-state index in [1.54, 1.807) is 18.2 Å². The maximum Gasteiger partial charge on any atom is 0.343 e. The van der Waals surface area contributed by atoms with E-state index in [4.69, 9.17) is 4.18 Å². The highest BCUT2D eigenvalue weighted by Gasteiger charge is 2.22. The third kappa shape index (κ3) is 2.38. The molecule has 0 spiro atoms. The molecule has 0 radical (unpaired) electrons. The zero-order valence-corrected chi connectivity index (χ0v) is 9.96. The van der Waals surface area contributed by atoms with Crippen molar-refractivity contribution in [1.82, 2.24) is 0 Å². The van der Waals surface area contributed by atoms with E-state index >= 15 is 0 Å². The highest BCUT2D eigenvalue weighted by molar-refractivity contribution is 7.87. The van der Waals surface area contributed by atoms with E-state index in [-0.39, 0.29) is 5.75 Å². The van der Waals surface area contributed by atoms with Gasteiger partial charge in [0, 0.05) is 0 Å². The van der Waals surface area contributed by atoms with Crippen LogP contribution in [0.25, 0.3) is 0 Å². The van der Waals surface area contributed by atoms with Gasteiger partial charge in [-0.2, -0.15) is 8.42 Å². The Morgan fingerprint density at radius 2 is 1.56 bits per heavy atom. The van der Waals surface area contributed by atoms with Gasteiger partial charge < -0.3 is 14.4 Å². The smallest absolute Gasteiger partial charge is 0.343 e. The highest BCUT2D eigenvalue weighted by Crippen LogP contribution is 2.33. The molecule has 5 nitrogen and oxygen atoms in total. The zero-order valence-electron chi connectivity index (χ0n) is 9.15. The molecule has 0 saturated carbocycles. The lowest BCUT2D eigenvalue weighted by Crippen LogP contribution is -2.09. The molecular formula is C12H10O5S. The molecule has 2 aromatic rings. The second-order valence-corrected chi connectivity index (χ2v) is 4.99. The standard InChI is InChI=1S/C12H10O5S/c13-10-7-4-8-11(12(10)14)18(15,16)17-9-5-2-1-3-6-9/h1-8,13-14H. The lowest BCUT2D eigenvalue weighted by Gasteiger charge is -2.08. The minimum Gasteiger partial charge on any atom is -0.504 e. The fraction of sp³-hybridized carbons (Fsp3) is 0. The molecule has 94 valence electrons. The summed E-state index contributed by atoms with van der Waals surface area (Å²) in [5.41, 5.74) is 0. The second-order valence-electron chi connectivity index (χ2n) is 3.47. The van der Waals surface area contributed by atoms with E-state index in [1.165, 1.54) is 24.3 Å². The van der Waals surface area contributed by atoms with Crippen LogP contribution < -0.4 is 4.18 Å². The molecule has 2 rings (SSSR count). The van der Waals surface area contributed by atoms with Crippen LogP contribution in [0.5, 0.6) is 17.2 Å². The summed E-state index contributed by atoms with van der Waals surface area (Å²) in [6.45, 7) is 0. The van der Waals surface area contributed by atoms with E-state index in [0.29, 0.717) is 0 Å². The number of phenols is 2. The minimum absolute atomic E-state index is 0.125. The van der Waals surface area contributed by atoms with Gasteiger partial charge in [0.2, 0.25) is 0 Å². The molecule has 0 atom stereocenters. The topological polar surface area (TPSA) is 83.8 Å².